The second kappa shape index (κ2) is 6.44. The van der Waals surface area contributed by atoms with Crippen molar-refractivity contribution in [2.75, 3.05) is 18.6 Å². The zero-order valence-electron chi connectivity index (χ0n) is 12.1. The smallest absolute Gasteiger partial charge is 0.327 e. The van der Waals surface area contributed by atoms with Crippen molar-refractivity contribution in [3.8, 4) is 0 Å². The van der Waals surface area contributed by atoms with Crippen LogP contribution in [0.2, 0.25) is 5.02 Å². The number of esters is 1. The van der Waals surface area contributed by atoms with E-state index in [0.717, 1.165) is 24.1 Å². The molecule has 1 aromatic heterocycles. The second-order valence-electron chi connectivity index (χ2n) is 5.21. The molecule has 7 nitrogen and oxygen atoms in total. The monoisotopic (exact) mass is 314 g/mol. The zero-order valence-corrected chi connectivity index (χ0v) is 12.8. The first-order valence-corrected chi connectivity index (χ1v) is 7.16. The summed E-state index contributed by atoms with van der Waals surface area (Å²) in [6, 6.07) is 0.353. The van der Waals surface area contributed by atoms with Crippen LogP contribution in [0, 0.1) is 0 Å². The lowest BCUT2D eigenvalue weighted by molar-refractivity contribution is -0.141. The van der Waals surface area contributed by atoms with Gasteiger partial charge in [0, 0.05) is 18.6 Å². The molecule has 2 unspecified atom stereocenters. The standard InChI is InChI=1S/C13H19ClN4O3/c1-8-5-9(15)3-4-17(8)10-6-16-18(7-11(19)21-2)13(20)12(10)14/h6,8-9H,3-5,7,15H2,1-2H3. The first-order chi connectivity index (χ1) is 9.93. The lowest BCUT2D eigenvalue weighted by Crippen LogP contribution is -2.46. The van der Waals surface area contributed by atoms with Gasteiger partial charge in [0.25, 0.3) is 5.56 Å². The minimum absolute atomic E-state index is 0.0659. The zero-order chi connectivity index (χ0) is 15.6. The highest BCUT2D eigenvalue weighted by Crippen LogP contribution is 2.27. The van der Waals surface area contributed by atoms with Gasteiger partial charge in [0.15, 0.2) is 0 Å². The summed E-state index contributed by atoms with van der Waals surface area (Å²) in [5.41, 5.74) is 6.02. The second-order valence-corrected chi connectivity index (χ2v) is 5.59. The minimum Gasteiger partial charge on any atom is -0.468 e. The van der Waals surface area contributed by atoms with Crippen molar-refractivity contribution in [3.05, 3.63) is 21.6 Å². The van der Waals surface area contributed by atoms with Gasteiger partial charge < -0.3 is 15.4 Å². The molecule has 1 fully saturated rings. The third-order valence-corrected chi connectivity index (χ3v) is 4.05. The average Bonchev–Trinajstić information content (AvgIpc) is 2.45. The fourth-order valence-corrected chi connectivity index (χ4v) is 2.78. The van der Waals surface area contributed by atoms with Crippen LogP contribution >= 0.6 is 11.6 Å². The summed E-state index contributed by atoms with van der Waals surface area (Å²) in [7, 11) is 1.25. The van der Waals surface area contributed by atoms with E-state index in [0.29, 0.717) is 5.69 Å². The average molecular weight is 315 g/mol. The quantitative estimate of drug-likeness (QED) is 0.811. The third-order valence-electron chi connectivity index (χ3n) is 3.70. The summed E-state index contributed by atoms with van der Waals surface area (Å²) in [6.45, 7) is 2.51. The lowest BCUT2D eigenvalue weighted by Gasteiger charge is -2.38. The number of aromatic nitrogens is 2. The minimum atomic E-state index is -0.550. The molecular weight excluding hydrogens is 296 g/mol. The number of rotatable bonds is 3. The topological polar surface area (TPSA) is 90.5 Å². The fourth-order valence-electron chi connectivity index (χ4n) is 2.52. The maximum Gasteiger partial charge on any atom is 0.327 e. The molecule has 0 aliphatic carbocycles. The summed E-state index contributed by atoms with van der Waals surface area (Å²) in [5.74, 6) is -0.550. The van der Waals surface area contributed by atoms with Gasteiger partial charge in [-0.15, -0.1) is 0 Å². The number of carbonyl (C=O) groups is 1. The number of hydrogen-bond donors (Lipinski definition) is 1. The van der Waals surface area contributed by atoms with Crippen molar-refractivity contribution in [2.24, 2.45) is 5.73 Å². The number of nitrogens with zero attached hydrogens (tertiary/aromatic N) is 3. The lowest BCUT2D eigenvalue weighted by atomic mass is 9.99. The van der Waals surface area contributed by atoms with Crippen molar-refractivity contribution < 1.29 is 9.53 Å². The fraction of sp³-hybridized carbons (Fsp3) is 0.615. The molecule has 2 heterocycles. The SMILES string of the molecule is COC(=O)Cn1ncc(N2CCC(N)CC2C)c(Cl)c1=O. The molecule has 0 radical (unpaired) electrons. The Bertz CT molecular complexity index is 589. The molecule has 1 aromatic rings. The summed E-state index contributed by atoms with van der Waals surface area (Å²) in [6.07, 6.45) is 3.19. The molecule has 0 bridgehead atoms. The highest BCUT2D eigenvalue weighted by Gasteiger charge is 2.26. The largest absolute Gasteiger partial charge is 0.468 e. The maximum absolute atomic E-state index is 12.2. The summed E-state index contributed by atoms with van der Waals surface area (Å²) >= 11 is 6.16. The number of carbonyl (C=O) groups excluding carboxylic acids is 1. The number of ether oxygens (including phenoxy) is 1. The molecule has 0 spiro atoms. The highest BCUT2D eigenvalue weighted by atomic mass is 35.5. The number of piperidine rings is 1. The first kappa shape index (κ1) is 15.8. The van der Waals surface area contributed by atoms with E-state index >= 15 is 0 Å². The Kier molecular flexibility index (Phi) is 4.84. The van der Waals surface area contributed by atoms with E-state index in [1.165, 1.54) is 13.3 Å². The van der Waals surface area contributed by atoms with Crippen molar-refractivity contribution in [1.29, 1.82) is 0 Å². The predicted octanol–water partition coefficient (Wildman–Crippen LogP) is 0.386. The van der Waals surface area contributed by atoms with Crippen LogP contribution in [0.3, 0.4) is 0 Å². The van der Waals surface area contributed by atoms with E-state index in [1.54, 1.807) is 0 Å². The van der Waals surface area contributed by atoms with E-state index in [9.17, 15) is 9.59 Å². The van der Waals surface area contributed by atoms with Gasteiger partial charge in [-0.3, -0.25) is 9.59 Å². The Morgan fingerprint density at radius 3 is 2.95 bits per heavy atom. The number of hydrogen-bond acceptors (Lipinski definition) is 6. The van der Waals surface area contributed by atoms with E-state index in [1.807, 2.05) is 11.8 Å². The van der Waals surface area contributed by atoms with Crippen LogP contribution in [0.25, 0.3) is 0 Å². The summed E-state index contributed by atoms with van der Waals surface area (Å²) in [4.78, 5) is 25.4. The van der Waals surface area contributed by atoms with Gasteiger partial charge in [-0.1, -0.05) is 11.6 Å². The summed E-state index contributed by atoms with van der Waals surface area (Å²) < 4.78 is 5.52. The van der Waals surface area contributed by atoms with Gasteiger partial charge in [0.05, 0.1) is 19.0 Å². The van der Waals surface area contributed by atoms with Gasteiger partial charge in [-0.2, -0.15) is 5.10 Å². The Morgan fingerprint density at radius 2 is 2.33 bits per heavy atom. The van der Waals surface area contributed by atoms with Crippen LogP contribution in [0.1, 0.15) is 19.8 Å². The van der Waals surface area contributed by atoms with E-state index < -0.39 is 11.5 Å². The molecule has 116 valence electrons. The molecule has 21 heavy (non-hydrogen) atoms. The molecule has 0 amide bonds. The van der Waals surface area contributed by atoms with E-state index in [2.05, 4.69) is 9.84 Å². The number of methoxy groups -OCH3 is 1. The Labute approximate surface area is 127 Å². The van der Waals surface area contributed by atoms with E-state index in [-0.39, 0.29) is 23.7 Å². The Morgan fingerprint density at radius 1 is 1.62 bits per heavy atom. The first-order valence-electron chi connectivity index (χ1n) is 6.78. The van der Waals surface area contributed by atoms with Crippen molar-refractivity contribution in [3.63, 3.8) is 0 Å². The molecular formula is C13H19ClN4O3. The molecule has 1 saturated heterocycles. The molecule has 0 aromatic carbocycles. The van der Waals surface area contributed by atoms with Crippen LogP contribution in [0.15, 0.2) is 11.0 Å². The molecule has 2 N–H and O–H groups in total. The van der Waals surface area contributed by atoms with Crippen LogP contribution in [0.5, 0.6) is 0 Å². The normalized spacial score (nSPS) is 22.2. The Hall–Kier alpha value is -1.60. The van der Waals surface area contributed by atoms with Crippen LogP contribution in [-0.4, -0.2) is 41.5 Å². The van der Waals surface area contributed by atoms with Gasteiger partial charge in [0.1, 0.15) is 11.6 Å². The molecule has 8 heteroatoms. The third kappa shape index (κ3) is 3.36. The van der Waals surface area contributed by atoms with Crippen LogP contribution in [-0.2, 0) is 16.1 Å². The molecule has 2 atom stereocenters. The van der Waals surface area contributed by atoms with E-state index in [4.69, 9.17) is 17.3 Å². The molecule has 1 aliphatic heterocycles. The predicted molar refractivity (Wildman–Crippen MR) is 79.5 cm³/mol. The number of nitrogens with two attached hydrogens (primary N) is 1. The van der Waals surface area contributed by atoms with Crippen LogP contribution in [0.4, 0.5) is 5.69 Å². The van der Waals surface area contributed by atoms with Crippen LogP contribution < -0.4 is 16.2 Å². The molecule has 2 rings (SSSR count). The highest BCUT2D eigenvalue weighted by molar-refractivity contribution is 6.33. The molecule has 0 saturated carbocycles. The number of anilines is 1. The summed E-state index contributed by atoms with van der Waals surface area (Å²) in [5, 5.41) is 4.07. The number of halogens is 1. The van der Waals surface area contributed by atoms with Gasteiger partial charge >= 0.3 is 5.97 Å². The van der Waals surface area contributed by atoms with Gasteiger partial charge in [-0.05, 0) is 19.8 Å². The van der Waals surface area contributed by atoms with Crippen molar-refractivity contribution in [2.45, 2.75) is 38.4 Å². The Balaban J connectivity index is 2.28. The molecule has 1 aliphatic rings. The maximum atomic E-state index is 12.2. The van der Waals surface area contributed by atoms with Gasteiger partial charge in [0.2, 0.25) is 0 Å². The van der Waals surface area contributed by atoms with Gasteiger partial charge in [-0.25, -0.2) is 4.68 Å². The van der Waals surface area contributed by atoms with Crippen molar-refractivity contribution >= 4 is 23.3 Å². The van der Waals surface area contributed by atoms with Crippen molar-refractivity contribution in [1.82, 2.24) is 9.78 Å².